The molecule has 0 saturated heterocycles. The van der Waals surface area contributed by atoms with E-state index in [2.05, 4.69) is 17.2 Å². The third kappa shape index (κ3) is 3.00. The summed E-state index contributed by atoms with van der Waals surface area (Å²) in [4.78, 5) is 4.33. The van der Waals surface area contributed by atoms with Gasteiger partial charge >= 0.3 is 0 Å². The normalized spacial score (nSPS) is 28.9. The highest BCUT2D eigenvalue weighted by molar-refractivity contribution is 7.09. The second-order valence-corrected chi connectivity index (χ2v) is 5.30. The number of thiazole rings is 1. The molecular formula is C11H19N3S. The minimum absolute atomic E-state index is 0.379. The van der Waals surface area contributed by atoms with Crippen LogP contribution in [0.5, 0.6) is 0 Å². The van der Waals surface area contributed by atoms with Crippen LogP contribution in [0.15, 0.2) is 11.6 Å². The lowest BCUT2D eigenvalue weighted by atomic mass is 9.91. The van der Waals surface area contributed by atoms with Crippen LogP contribution in [0.3, 0.4) is 0 Å². The monoisotopic (exact) mass is 225 g/mol. The van der Waals surface area contributed by atoms with Crippen molar-refractivity contribution in [3.63, 3.8) is 0 Å². The van der Waals surface area contributed by atoms with E-state index < -0.39 is 0 Å². The molecule has 1 fully saturated rings. The van der Waals surface area contributed by atoms with Gasteiger partial charge in [0.15, 0.2) is 0 Å². The van der Waals surface area contributed by atoms with E-state index in [1.807, 2.05) is 11.6 Å². The van der Waals surface area contributed by atoms with E-state index in [0.29, 0.717) is 18.1 Å². The molecule has 1 aliphatic carbocycles. The Labute approximate surface area is 95.1 Å². The zero-order valence-corrected chi connectivity index (χ0v) is 9.96. The van der Waals surface area contributed by atoms with E-state index in [1.54, 1.807) is 11.3 Å². The number of hydrogen-bond donors (Lipinski definition) is 2. The minimum atomic E-state index is 0.379. The molecule has 1 aromatic heterocycles. The van der Waals surface area contributed by atoms with Crippen LogP contribution in [-0.2, 0) is 0 Å². The molecule has 4 heteroatoms. The summed E-state index contributed by atoms with van der Waals surface area (Å²) >= 11 is 1.72. The number of rotatable bonds is 3. The summed E-state index contributed by atoms with van der Waals surface area (Å²) in [7, 11) is 0. The first kappa shape index (κ1) is 11.0. The maximum atomic E-state index is 5.88. The standard InChI is InChI=1S/C11H19N3S/c1-8(11-13-6-7-15-11)14-10-4-2-9(12)3-5-10/h6-10,14H,2-5,12H2,1H3. The van der Waals surface area contributed by atoms with Gasteiger partial charge in [-0.1, -0.05) is 0 Å². The highest BCUT2D eigenvalue weighted by Crippen LogP contribution is 2.21. The van der Waals surface area contributed by atoms with Gasteiger partial charge in [-0.05, 0) is 32.6 Å². The Kier molecular flexibility index (Phi) is 3.72. The van der Waals surface area contributed by atoms with Crippen molar-refractivity contribution in [1.82, 2.24) is 10.3 Å². The molecule has 1 atom stereocenters. The van der Waals surface area contributed by atoms with E-state index in [4.69, 9.17) is 5.73 Å². The van der Waals surface area contributed by atoms with Gasteiger partial charge in [0.1, 0.15) is 5.01 Å². The van der Waals surface area contributed by atoms with Gasteiger partial charge in [-0.2, -0.15) is 0 Å². The first-order chi connectivity index (χ1) is 7.25. The van der Waals surface area contributed by atoms with Crippen molar-refractivity contribution in [3.8, 4) is 0 Å². The van der Waals surface area contributed by atoms with Gasteiger partial charge in [-0.3, -0.25) is 0 Å². The molecule has 84 valence electrons. The van der Waals surface area contributed by atoms with E-state index in [-0.39, 0.29) is 0 Å². The molecule has 0 amide bonds. The molecule has 0 spiro atoms. The van der Waals surface area contributed by atoms with Gasteiger partial charge in [0.05, 0.1) is 6.04 Å². The van der Waals surface area contributed by atoms with Gasteiger partial charge in [-0.25, -0.2) is 4.98 Å². The van der Waals surface area contributed by atoms with Crippen molar-refractivity contribution < 1.29 is 0 Å². The van der Waals surface area contributed by atoms with Gasteiger partial charge in [0.25, 0.3) is 0 Å². The zero-order valence-electron chi connectivity index (χ0n) is 9.15. The maximum Gasteiger partial charge on any atom is 0.109 e. The SMILES string of the molecule is CC(NC1CCC(N)CC1)c1nccs1. The minimum Gasteiger partial charge on any atom is -0.328 e. The lowest BCUT2D eigenvalue weighted by Crippen LogP contribution is -2.38. The van der Waals surface area contributed by atoms with Crippen molar-refractivity contribution in [2.45, 2.75) is 50.7 Å². The average molecular weight is 225 g/mol. The first-order valence-corrected chi connectivity index (χ1v) is 6.54. The van der Waals surface area contributed by atoms with Crippen LogP contribution in [0, 0.1) is 0 Å². The van der Waals surface area contributed by atoms with E-state index in [0.717, 1.165) is 12.8 Å². The number of nitrogens with two attached hydrogens (primary N) is 1. The number of nitrogens with one attached hydrogen (secondary N) is 1. The van der Waals surface area contributed by atoms with Crippen LogP contribution >= 0.6 is 11.3 Å². The van der Waals surface area contributed by atoms with Crippen molar-refractivity contribution in [1.29, 1.82) is 0 Å². The molecule has 0 bridgehead atoms. The van der Waals surface area contributed by atoms with Crippen LogP contribution in [0.2, 0.25) is 0 Å². The topological polar surface area (TPSA) is 50.9 Å². The highest BCUT2D eigenvalue weighted by atomic mass is 32.1. The smallest absolute Gasteiger partial charge is 0.109 e. The summed E-state index contributed by atoms with van der Waals surface area (Å²) in [6.45, 7) is 2.19. The predicted molar refractivity (Wildman–Crippen MR) is 63.9 cm³/mol. The molecule has 1 aliphatic rings. The van der Waals surface area contributed by atoms with E-state index >= 15 is 0 Å². The lowest BCUT2D eigenvalue weighted by Gasteiger charge is -2.28. The number of nitrogens with zero attached hydrogens (tertiary/aromatic N) is 1. The summed E-state index contributed by atoms with van der Waals surface area (Å²) in [6, 6.07) is 1.44. The molecule has 1 heterocycles. The molecule has 2 rings (SSSR count). The van der Waals surface area contributed by atoms with Gasteiger partial charge in [-0.15, -0.1) is 11.3 Å². The Morgan fingerprint density at radius 1 is 1.47 bits per heavy atom. The Bertz CT molecular complexity index is 278. The van der Waals surface area contributed by atoms with Crippen LogP contribution in [0.1, 0.15) is 43.7 Å². The molecule has 0 radical (unpaired) electrons. The van der Waals surface area contributed by atoms with Gasteiger partial charge in [0, 0.05) is 23.7 Å². The summed E-state index contributed by atoms with van der Waals surface area (Å²) in [5.74, 6) is 0. The van der Waals surface area contributed by atoms with Crippen molar-refractivity contribution in [3.05, 3.63) is 16.6 Å². The molecule has 1 saturated carbocycles. The Balaban J connectivity index is 1.82. The summed E-state index contributed by atoms with van der Waals surface area (Å²) in [6.07, 6.45) is 6.59. The molecule has 15 heavy (non-hydrogen) atoms. The molecule has 0 aromatic carbocycles. The zero-order chi connectivity index (χ0) is 10.7. The second kappa shape index (κ2) is 5.05. The highest BCUT2D eigenvalue weighted by Gasteiger charge is 2.20. The molecule has 3 N–H and O–H groups in total. The average Bonchev–Trinajstić information content (AvgIpc) is 2.74. The number of hydrogen-bond acceptors (Lipinski definition) is 4. The summed E-state index contributed by atoms with van der Waals surface area (Å²) in [5.41, 5.74) is 5.88. The van der Waals surface area contributed by atoms with Crippen molar-refractivity contribution >= 4 is 11.3 Å². The Hall–Kier alpha value is -0.450. The quantitative estimate of drug-likeness (QED) is 0.828. The largest absolute Gasteiger partial charge is 0.328 e. The molecule has 1 unspecified atom stereocenters. The van der Waals surface area contributed by atoms with Crippen molar-refractivity contribution in [2.24, 2.45) is 5.73 Å². The maximum absolute atomic E-state index is 5.88. The van der Waals surface area contributed by atoms with Crippen LogP contribution in [0.4, 0.5) is 0 Å². The van der Waals surface area contributed by atoms with E-state index in [9.17, 15) is 0 Å². The lowest BCUT2D eigenvalue weighted by molar-refractivity contribution is 0.322. The second-order valence-electron chi connectivity index (χ2n) is 4.37. The molecule has 3 nitrogen and oxygen atoms in total. The molecular weight excluding hydrogens is 206 g/mol. The van der Waals surface area contributed by atoms with Gasteiger partial charge in [0.2, 0.25) is 0 Å². The fourth-order valence-electron chi connectivity index (χ4n) is 2.16. The predicted octanol–water partition coefficient (Wildman–Crippen LogP) is 2.06. The fraction of sp³-hybridized carbons (Fsp3) is 0.727. The fourth-order valence-corrected chi connectivity index (χ4v) is 2.81. The number of aromatic nitrogens is 1. The summed E-state index contributed by atoms with van der Waals surface area (Å²) < 4.78 is 0. The van der Waals surface area contributed by atoms with E-state index in [1.165, 1.54) is 17.8 Å². The van der Waals surface area contributed by atoms with Crippen LogP contribution < -0.4 is 11.1 Å². The molecule has 1 aromatic rings. The summed E-state index contributed by atoms with van der Waals surface area (Å²) in [5, 5.41) is 6.85. The third-order valence-electron chi connectivity index (χ3n) is 3.08. The van der Waals surface area contributed by atoms with Gasteiger partial charge < -0.3 is 11.1 Å². The third-order valence-corrected chi connectivity index (χ3v) is 4.04. The molecule has 0 aliphatic heterocycles. The van der Waals surface area contributed by atoms with Crippen LogP contribution in [-0.4, -0.2) is 17.1 Å². The first-order valence-electron chi connectivity index (χ1n) is 5.66. The Morgan fingerprint density at radius 3 is 2.80 bits per heavy atom. The van der Waals surface area contributed by atoms with Crippen molar-refractivity contribution in [2.75, 3.05) is 0 Å². The Morgan fingerprint density at radius 2 is 2.20 bits per heavy atom. The van der Waals surface area contributed by atoms with Crippen LogP contribution in [0.25, 0.3) is 0 Å².